The van der Waals surface area contributed by atoms with Gasteiger partial charge in [-0.2, -0.15) is 0 Å². The monoisotopic (exact) mass is 371 g/mol. The summed E-state index contributed by atoms with van der Waals surface area (Å²) >= 11 is 11.1. The first-order valence-electron chi connectivity index (χ1n) is 1.28. The van der Waals surface area contributed by atoms with Gasteiger partial charge in [-0.05, 0) is 0 Å². The SMILES string of the molecule is N#C[S-].N#C[S-].N#C[S-].[Au+3]. The Morgan fingerprint density at radius 3 is 0.700 bits per heavy atom. The van der Waals surface area contributed by atoms with E-state index < -0.39 is 0 Å². The van der Waals surface area contributed by atoms with Crippen LogP contribution in [0, 0.1) is 32.0 Å². The molecule has 0 atom stereocenters. The van der Waals surface area contributed by atoms with Crippen molar-refractivity contribution in [1.29, 1.82) is 15.8 Å². The second-order valence-corrected chi connectivity index (χ2v) is 0.822. The van der Waals surface area contributed by atoms with Crippen LogP contribution in [0.1, 0.15) is 0 Å². The van der Waals surface area contributed by atoms with Gasteiger partial charge >= 0.3 is 22.4 Å². The first-order chi connectivity index (χ1) is 4.24. The summed E-state index contributed by atoms with van der Waals surface area (Å²) in [5.74, 6) is 0. The van der Waals surface area contributed by atoms with Crippen molar-refractivity contribution in [3.8, 4) is 16.2 Å². The van der Waals surface area contributed by atoms with Crippen molar-refractivity contribution in [3.05, 3.63) is 0 Å². The number of hydrogen-bond donors (Lipinski definition) is 0. The molecule has 10 heavy (non-hydrogen) atoms. The maximum atomic E-state index is 7.13. The van der Waals surface area contributed by atoms with Crippen LogP contribution in [0.15, 0.2) is 0 Å². The minimum atomic E-state index is 0. The number of nitrogens with zero attached hydrogens (tertiary/aromatic N) is 3. The maximum absolute atomic E-state index is 7.13. The molecule has 0 aliphatic carbocycles. The molecule has 0 radical (unpaired) electrons. The predicted molar refractivity (Wildman–Crippen MR) is 38.9 cm³/mol. The Morgan fingerprint density at radius 1 is 0.700 bits per heavy atom. The fraction of sp³-hybridized carbons (Fsp3) is 0. The van der Waals surface area contributed by atoms with Crippen LogP contribution in [0.2, 0.25) is 0 Å². The Balaban J connectivity index is -0.0000000257. The Bertz CT molecular complexity index is 112. The molecular weight excluding hydrogens is 371 g/mol. The third-order valence-electron chi connectivity index (χ3n) is 0. The van der Waals surface area contributed by atoms with E-state index in [1.807, 2.05) is 0 Å². The average molecular weight is 371 g/mol. The summed E-state index contributed by atoms with van der Waals surface area (Å²) in [4.78, 5) is 0. The van der Waals surface area contributed by atoms with E-state index in [9.17, 15) is 0 Å². The van der Waals surface area contributed by atoms with Gasteiger partial charge in [0.15, 0.2) is 0 Å². The van der Waals surface area contributed by atoms with Crippen molar-refractivity contribution in [2.24, 2.45) is 0 Å². The molecule has 0 saturated heterocycles. The topological polar surface area (TPSA) is 71.4 Å². The standard InChI is InChI=1S/3CHNS.Au/c3*2-1-3;/h3*3H;/q;;;+3/p-3. The van der Waals surface area contributed by atoms with Gasteiger partial charge in [0.1, 0.15) is 0 Å². The quantitative estimate of drug-likeness (QED) is 0.340. The van der Waals surface area contributed by atoms with E-state index in [0.717, 1.165) is 0 Å². The molecule has 3 nitrogen and oxygen atoms in total. The predicted octanol–water partition coefficient (Wildman–Crippen LogP) is 0.0406. The Hall–Kier alpha value is -0.130. The summed E-state index contributed by atoms with van der Waals surface area (Å²) in [6.45, 7) is 0. The van der Waals surface area contributed by atoms with Gasteiger partial charge in [-0.3, -0.25) is 0 Å². The second kappa shape index (κ2) is 66.7. The van der Waals surface area contributed by atoms with E-state index in [2.05, 4.69) is 37.9 Å². The van der Waals surface area contributed by atoms with E-state index in [1.54, 1.807) is 0 Å². The molecule has 0 N–H and O–H groups in total. The van der Waals surface area contributed by atoms with Gasteiger partial charge in [-0.25, -0.2) is 15.8 Å². The molecule has 0 aliphatic rings. The Morgan fingerprint density at radius 2 is 0.700 bits per heavy atom. The molecule has 0 heterocycles. The van der Waals surface area contributed by atoms with Crippen molar-refractivity contribution in [1.82, 2.24) is 0 Å². The molecular formula is C3AuN3S3. The van der Waals surface area contributed by atoms with E-state index >= 15 is 0 Å². The van der Waals surface area contributed by atoms with Crippen LogP contribution in [0.4, 0.5) is 0 Å². The van der Waals surface area contributed by atoms with Gasteiger partial charge in [-0.15, -0.1) is 0 Å². The van der Waals surface area contributed by atoms with Gasteiger partial charge in [-0.1, -0.05) is 16.2 Å². The normalized spacial score (nSPS) is 2.10. The molecule has 56 valence electrons. The van der Waals surface area contributed by atoms with Crippen LogP contribution in [0.5, 0.6) is 0 Å². The molecule has 0 aromatic rings. The molecule has 0 bridgehead atoms. The molecule has 0 spiro atoms. The van der Waals surface area contributed by atoms with Crippen LogP contribution >= 0.6 is 0 Å². The van der Waals surface area contributed by atoms with Crippen molar-refractivity contribution in [2.45, 2.75) is 0 Å². The summed E-state index contributed by atoms with van der Waals surface area (Å²) < 4.78 is 0. The molecule has 0 rings (SSSR count). The van der Waals surface area contributed by atoms with Crippen LogP contribution in [-0.2, 0) is 60.3 Å². The first kappa shape index (κ1) is 22.5. The van der Waals surface area contributed by atoms with Gasteiger partial charge < -0.3 is 37.9 Å². The number of nitriles is 3. The van der Waals surface area contributed by atoms with Crippen molar-refractivity contribution >= 4 is 37.9 Å². The van der Waals surface area contributed by atoms with Gasteiger partial charge in [0.05, 0.1) is 0 Å². The molecule has 0 saturated carbocycles. The summed E-state index contributed by atoms with van der Waals surface area (Å²) in [6, 6.07) is 0. The van der Waals surface area contributed by atoms with E-state index in [0.29, 0.717) is 0 Å². The van der Waals surface area contributed by atoms with Gasteiger partial charge in [0.25, 0.3) is 0 Å². The van der Waals surface area contributed by atoms with E-state index in [-0.39, 0.29) is 22.4 Å². The van der Waals surface area contributed by atoms with Crippen molar-refractivity contribution < 1.29 is 22.4 Å². The smallest absolute Gasteiger partial charge is 0.696 e. The Labute approximate surface area is 91.8 Å². The molecule has 0 fully saturated rings. The van der Waals surface area contributed by atoms with Crippen LogP contribution in [0.3, 0.4) is 0 Å². The molecule has 0 aromatic heterocycles. The number of rotatable bonds is 0. The van der Waals surface area contributed by atoms with Crippen molar-refractivity contribution in [3.63, 3.8) is 0 Å². The fourth-order valence-corrected chi connectivity index (χ4v) is 0. The number of hydrogen-bond acceptors (Lipinski definition) is 6. The molecule has 0 aromatic carbocycles. The van der Waals surface area contributed by atoms with Crippen LogP contribution in [-0.4, -0.2) is 0 Å². The second-order valence-electron chi connectivity index (χ2n) is 0.274. The zero-order valence-corrected chi connectivity index (χ0v) is 8.98. The molecule has 0 unspecified atom stereocenters. The minimum Gasteiger partial charge on any atom is -0.696 e. The van der Waals surface area contributed by atoms with Crippen LogP contribution in [0.25, 0.3) is 0 Å². The third-order valence-corrected chi connectivity index (χ3v) is 0. The number of thiocyanates is 3. The summed E-state index contributed by atoms with van der Waals surface area (Å²) in [5.41, 5.74) is 0. The summed E-state index contributed by atoms with van der Waals surface area (Å²) in [7, 11) is 0. The first-order valence-corrected chi connectivity index (χ1v) is 2.51. The van der Waals surface area contributed by atoms with E-state index in [4.69, 9.17) is 15.8 Å². The van der Waals surface area contributed by atoms with Crippen molar-refractivity contribution in [2.75, 3.05) is 0 Å². The Kier molecular flexibility index (Phi) is 150. The minimum absolute atomic E-state index is 0. The molecule has 7 heteroatoms. The zero-order valence-electron chi connectivity index (χ0n) is 4.37. The van der Waals surface area contributed by atoms with E-state index in [1.165, 1.54) is 16.2 Å². The maximum Gasteiger partial charge on any atom is 3.00 e. The molecule has 0 aliphatic heterocycles. The fourth-order valence-electron chi connectivity index (χ4n) is 0. The largest absolute Gasteiger partial charge is 3.00 e. The zero-order chi connectivity index (χ0) is 8.12. The average Bonchev–Trinajstić information content (AvgIpc) is 1.70. The van der Waals surface area contributed by atoms with Gasteiger partial charge in [0, 0.05) is 0 Å². The summed E-state index contributed by atoms with van der Waals surface area (Å²) in [6.07, 6.45) is 0. The van der Waals surface area contributed by atoms with Crippen LogP contribution < -0.4 is 0 Å². The van der Waals surface area contributed by atoms with Gasteiger partial charge in [0.2, 0.25) is 0 Å². The third kappa shape index (κ3) is 22100. The summed E-state index contributed by atoms with van der Waals surface area (Å²) in [5, 5.41) is 25.4. The molecule has 0 amide bonds.